The minimum absolute atomic E-state index is 0.824. The van der Waals surface area contributed by atoms with Gasteiger partial charge >= 0.3 is 0 Å². The van der Waals surface area contributed by atoms with Crippen LogP contribution in [0.5, 0.6) is 0 Å². The van der Waals surface area contributed by atoms with E-state index in [1.165, 1.54) is 6.20 Å². The smallest absolute Gasteiger partial charge is 0.129 e. The first-order valence-corrected chi connectivity index (χ1v) is 2.28. The van der Waals surface area contributed by atoms with Gasteiger partial charge in [-0.05, 0) is 12.3 Å². The van der Waals surface area contributed by atoms with E-state index in [1.807, 2.05) is 7.85 Å². The van der Waals surface area contributed by atoms with Crippen molar-refractivity contribution in [1.29, 1.82) is 0 Å². The zero-order valence-electron chi connectivity index (χ0n) is 4.46. The lowest BCUT2D eigenvalue weighted by Gasteiger charge is -1.72. The zero-order chi connectivity index (χ0) is 5.54. The van der Waals surface area contributed by atoms with Crippen molar-refractivity contribution in [1.82, 2.24) is 0 Å². The van der Waals surface area contributed by atoms with E-state index in [0.29, 0.717) is 0 Å². The van der Waals surface area contributed by atoms with Gasteiger partial charge in [-0.25, -0.2) is 0 Å². The molecular weight excluding hydrogens is 86.9 g/mol. The third-order valence-electron chi connectivity index (χ3n) is 0.485. The third-order valence-corrected chi connectivity index (χ3v) is 0.485. The Morgan fingerprint density at radius 2 is 2.43 bits per heavy atom. The molecule has 0 bridgehead atoms. The third kappa shape index (κ3) is 5.27. The summed E-state index contributed by atoms with van der Waals surface area (Å²) in [5.74, 6) is 0. The fourth-order valence-electron chi connectivity index (χ4n) is 0.216. The Labute approximate surface area is 44.5 Å². The van der Waals surface area contributed by atoms with Crippen LogP contribution >= 0.6 is 0 Å². The molecule has 0 aliphatic carbocycles. The molecule has 0 spiro atoms. The van der Waals surface area contributed by atoms with Gasteiger partial charge < -0.3 is 10.7 Å². The van der Waals surface area contributed by atoms with Crippen molar-refractivity contribution in [3.63, 3.8) is 0 Å². The summed E-state index contributed by atoms with van der Waals surface area (Å²) in [4.78, 5) is 3.87. The maximum atomic E-state index is 5.00. The van der Waals surface area contributed by atoms with Crippen LogP contribution in [0.1, 0.15) is 0 Å². The second-order valence-corrected chi connectivity index (χ2v) is 1.03. The molecule has 0 aromatic heterocycles. The minimum Gasteiger partial charge on any atom is -0.405 e. The van der Waals surface area contributed by atoms with Crippen molar-refractivity contribution in [2.45, 2.75) is 0 Å². The quantitative estimate of drug-likeness (QED) is 0.351. The lowest BCUT2D eigenvalue weighted by atomic mass is 10.2. The number of aliphatic imine (C=N–C) groups is 1. The summed E-state index contributed by atoms with van der Waals surface area (Å²) in [7, 11) is 1.97. The monoisotopic (exact) mass is 96.1 g/mol. The van der Waals surface area contributed by atoms with E-state index in [1.54, 1.807) is 12.3 Å². The molecule has 2 N–H and O–H groups in total. The summed E-state index contributed by atoms with van der Waals surface area (Å²) in [5, 5.41) is 0. The summed E-state index contributed by atoms with van der Waals surface area (Å²) in [6.07, 6.45) is 5.66. The number of hydrogen-bond donors (Lipinski definition) is 1. The van der Waals surface area contributed by atoms with E-state index in [0.717, 1.165) is 6.44 Å². The van der Waals surface area contributed by atoms with E-state index < -0.39 is 0 Å². The van der Waals surface area contributed by atoms with E-state index in [4.69, 9.17) is 5.73 Å². The van der Waals surface area contributed by atoms with Gasteiger partial charge in [0.05, 0.1) is 0 Å². The molecule has 3 heteroatoms. The summed E-state index contributed by atoms with van der Waals surface area (Å²) >= 11 is 0. The Hall–Kier alpha value is -0.725. The molecule has 2 nitrogen and oxygen atoms in total. The SMILES string of the molecule is BC/N=C\C=C/N. The maximum Gasteiger partial charge on any atom is 0.129 e. The van der Waals surface area contributed by atoms with Gasteiger partial charge in [-0.2, -0.15) is 0 Å². The average molecular weight is 95.9 g/mol. The second kappa shape index (κ2) is 5.27. The Bertz CT molecular complexity index is 77.8. The van der Waals surface area contributed by atoms with Crippen molar-refractivity contribution in [2.75, 3.05) is 6.44 Å². The zero-order valence-corrected chi connectivity index (χ0v) is 4.46. The van der Waals surface area contributed by atoms with Crippen LogP contribution in [-0.2, 0) is 0 Å². The van der Waals surface area contributed by atoms with E-state index >= 15 is 0 Å². The standard InChI is InChI=1S/C4H9BN2/c5-4-7-3-1-2-6/h1-3H,4-6H2/b2-1-,7-3-. The van der Waals surface area contributed by atoms with Crippen LogP contribution in [0, 0.1) is 0 Å². The first kappa shape index (κ1) is 6.27. The van der Waals surface area contributed by atoms with E-state index in [2.05, 4.69) is 4.99 Å². The molecule has 0 aliphatic rings. The predicted molar refractivity (Wildman–Crippen MR) is 35.2 cm³/mol. The highest BCUT2D eigenvalue weighted by atomic mass is 14.7. The fourth-order valence-corrected chi connectivity index (χ4v) is 0.216. The Morgan fingerprint density at radius 3 is 2.86 bits per heavy atom. The molecule has 0 amide bonds. The highest BCUT2D eigenvalue weighted by molar-refractivity contribution is 6.09. The molecule has 0 saturated heterocycles. The molecule has 0 rings (SSSR count). The van der Waals surface area contributed by atoms with Crippen molar-refractivity contribution in [3.05, 3.63) is 12.3 Å². The molecule has 0 saturated carbocycles. The number of hydrogen-bond acceptors (Lipinski definition) is 2. The molecule has 0 heterocycles. The fraction of sp³-hybridized carbons (Fsp3) is 0.250. The number of nitrogens with two attached hydrogens (primary N) is 1. The van der Waals surface area contributed by atoms with Gasteiger partial charge in [0.25, 0.3) is 0 Å². The van der Waals surface area contributed by atoms with E-state index in [-0.39, 0.29) is 0 Å². The van der Waals surface area contributed by atoms with Crippen molar-refractivity contribution in [3.8, 4) is 0 Å². The maximum absolute atomic E-state index is 5.00. The van der Waals surface area contributed by atoms with Crippen LogP contribution in [0.4, 0.5) is 0 Å². The molecule has 0 aromatic rings. The molecule has 0 aromatic carbocycles. The molecule has 0 atom stereocenters. The van der Waals surface area contributed by atoms with Gasteiger partial charge in [0, 0.05) is 12.7 Å². The molecule has 7 heavy (non-hydrogen) atoms. The van der Waals surface area contributed by atoms with Crippen molar-refractivity contribution >= 4 is 14.1 Å². The molecule has 0 aliphatic heterocycles. The van der Waals surface area contributed by atoms with Crippen molar-refractivity contribution in [2.24, 2.45) is 10.7 Å². The van der Waals surface area contributed by atoms with Crippen LogP contribution in [0.25, 0.3) is 0 Å². The second-order valence-electron chi connectivity index (χ2n) is 1.03. The molecular formula is C4H9BN2. The highest BCUT2D eigenvalue weighted by Gasteiger charge is 1.58. The summed E-state index contributed by atoms with van der Waals surface area (Å²) in [6, 6.07) is 0. The Balaban J connectivity index is 3.09. The predicted octanol–water partition coefficient (Wildman–Crippen LogP) is -0.880. The van der Waals surface area contributed by atoms with Crippen LogP contribution < -0.4 is 5.73 Å². The molecule has 38 valence electrons. The first-order valence-electron chi connectivity index (χ1n) is 2.28. The van der Waals surface area contributed by atoms with Crippen LogP contribution in [-0.4, -0.2) is 20.5 Å². The molecule has 0 unspecified atom stereocenters. The summed E-state index contributed by atoms with van der Waals surface area (Å²) in [6.45, 7) is 0. The Morgan fingerprint density at radius 1 is 1.71 bits per heavy atom. The van der Waals surface area contributed by atoms with Gasteiger partial charge in [0.1, 0.15) is 7.85 Å². The number of allylic oxidation sites excluding steroid dienone is 1. The largest absolute Gasteiger partial charge is 0.405 e. The van der Waals surface area contributed by atoms with Gasteiger partial charge in [0.2, 0.25) is 0 Å². The average Bonchev–Trinajstić information content (AvgIpc) is 1.69. The first-order chi connectivity index (χ1) is 3.41. The van der Waals surface area contributed by atoms with Gasteiger partial charge in [-0.3, -0.25) is 0 Å². The topological polar surface area (TPSA) is 38.4 Å². The highest BCUT2D eigenvalue weighted by Crippen LogP contribution is 1.59. The van der Waals surface area contributed by atoms with Gasteiger partial charge in [-0.1, -0.05) is 0 Å². The molecule has 0 radical (unpaired) electrons. The van der Waals surface area contributed by atoms with Crippen LogP contribution in [0.2, 0.25) is 0 Å². The number of nitrogens with zero attached hydrogens (tertiary/aromatic N) is 1. The van der Waals surface area contributed by atoms with E-state index in [9.17, 15) is 0 Å². The number of rotatable bonds is 2. The lowest BCUT2D eigenvalue weighted by molar-refractivity contribution is 1.38. The van der Waals surface area contributed by atoms with Gasteiger partial charge in [0.15, 0.2) is 0 Å². The molecule has 0 fully saturated rings. The van der Waals surface area contributed by atoms with Gasteiger partial charge in [-0.15, -0.1) is 0 Å². The minimum atomic E-state index is 0.824. The Kier molecular flexibility index (Phi) is 4.73. The van der Waals surface area contributed by atoms with Crippen LogP contribution in [0.3, 0.4) is 0 Å². The summed E-state index contributed by atoms with van der Waals surface area (Å²) < 4.78 is 0. The lowest BCUT2D eigenvalue weighted by Crippen LogP contribution is -1.78. The normalized spacial score (nSPS) is 11.4. The summed E-state index contributed by atoms with van der Waals surface area (Å²) in [5.41, 5.74) is 5.00. The van der Waals surface area contributed by atoms with Crippen molar-refractivity contribution < 1.29 is 0 Å². The van der Waals surface area contributed by atoms with Crippen LogP contribution in [0.15, 0.2) is 17.3 Å².